The Morgan fingerprint density at radius 2 is 2.00 bits per heavy atom. The molecule has 2 rings (SSSR count). The predicted octanol–water partition coefficient (Wildman–Crippen LogP) is 2.43. The van der Waals surface area contributed by atoms with E-state index in [-0.39, 0.29) is 11.7 Å². The van der Waals surface area contributed by atoms with Gasteiger partial charge in [0.2, 0.25) is 0 Å². The summed E-state index contributed by atoms with van der Waals surface area (Å²) in [6.07, 6.45) is 0.761. The topological polar surface area (TPSA) is 49.3 Å². The van der Waals surface area contributed by atoms with Crippen molar-refractivity contribution in [2.24, 2.45) is 0 Å². The largest absolute Gasteiger partial charge is 0.508 e. The van der Waals surface area contributed by atoms with E-state index in [0.29, 0.717) is 6.54 Å². The van der Waals surface area contributed by atoms with Gasteiger partial charge >= 0.3 is 0 Å². The first-order chi connectivity index (χ1) is 8.25. The molecule has 0 saturated carbocycles. The van der Waals surface area contributed by atoms with Gasteiger partial charge in [0, 0.05) is 6.54 Å². The average Bonchev–Trinajstić information content (AvgIpc) is 2.85. The molecule has 0 fully saturated rings. The fourth-order valence-electron chi connectivity index (χ4n) is 1.48. The molecule has 0 aliphatic heterocycles. The number of hydrogen-bond donors (Lipinski definition) is 2. The summed E-state index contributed by atoms with van der Waals surface area (Å²) < 4.78 is 0. The normalized spacial score (nSPS) is 10.1. The van der Waals surface area contributed by atoms with E-state index in [9.17, 15) is 4.79 Å². The average molecular weight is 247 g/mol. The molecule has 1 aromatic heterocycles. The maximum absolute atomic E-state index is 11.6. The first-order valence-electron chi connectivity index (χ1n) is 5.35. The van der Waals surface area contributed by atoms with Crippen molar-refractivity contribution < 1.29 is 9.90 Å². The van der Waals surface area contributed by atoms with Gasteiger partial charge in [-0.15, -0.1) is 11.3 Å². The van der Waals surface area contributed by atoms with Crippen molar-refractivity contribution >= 4 is 17.2 Å². The van der Waals surface area contributed by atoms with Crippen molar-refractivity contribution in [3.8, 4) is 5.75 Å². The van der Waals surface area contributed by atoms with Crippen LogP contribution in [0, 0.1) is 0 Å². The van der Waals surface area contributed by atoms with Gasteiger partial charge in [0.1, 0.15) is 5.75 Å². The fraction of sp³-hybridized carbons (Fsp3) is 0.154. The Hall–Kier alpha value is -1.81. The molecule has 0 atom stereocenters. The summed E-state index contributed by atoms with van der Waals surface area (Å²) in [6, 6.07) is 10.7. The van der Waals surface area contributed by atoms with Crippen LogP contribution in [0.3, 0.4) is 0 Å². The highest BCUT2D eigenvalue weighted by Gasteiger charge is 2.04. The first-order valence-corrected chi connectivity index (χ1v) is 6.23. The molecule has 17 heavy (non-hydrogen) atoms. The van der Waals surface area contributed by atoms with Gasteiger partial charge < -0.3 is 10.4 Å². The van der Waals surface area contributed by atoms with Crippen LogP contribution in [0.4, 0.5) is 0 Å². The van der Waals surface area contributed by atoms with Crippen LogP contribution in [0.15, 0.2) is 41.8 Å². The minimum Gasteiger partial charge on any atom is -0.508 e. The van der Waals surface area contributed by atoms with Gasteiger partial charge in [0.15, 0.2) is 0 Å². The van der Waals surface area contributed by atoms with Gasteiger partial charge in [-0.1, -0.05) is 18.2 Å². The number of amides is 1. The number of benzene rings is 1. The molecule has 2 N–H and O–H groups in total. The van der Waals surface area contributed by atoms with Gasteiger partial charge in [-0.05, 0) is 35.6 Å². The number of hydrogen-bond acceptors (Lipinski definition) is 3. The molecule has 0 radical (unpaired) electrons. The van der Waals surface area contributed by atoms with Crippen LogP contribution in [-0.4, -0.2) is 17.6 Å². The lowest BCUT2D eigenvalue weighted by atomic mass is 10.1. The molecule has 0 aliphatic carbocycles. The standard InChI is InChI=1S/C13H13NO2S/c15-11-5-3-10(4-6-11)7-8-14-13(16)12-2-1-9-17-12/h1-6,9,15H,7-8H2,(H,14,16). The SMILES string of the molecule is O=C(NCCc1ccc(O)cc1)c1cccs1. The third-order valence-corrected chi connectivity index (χ3v) is 3.25. The minimum absolute atomic E-state index is 0.0289. The summed E-state index contributed by atoms with van der Waals surface area (Å²) in [5.41, 5.74) is 1.09. The van der Waals surface area contributed by atoms with E-state index in [2.05, 4.69) is 5.32 Å². The zero-order valence-corrected chi connectivity index (χ0v) is 10.0. The molecule has 1 aromatic carbocycles. The van der Waals surface area contributed by atoms with E-state index in [0.717, 1.165) is 16.9 Å². The summed E-state index contributed by atoms with van der Waals surface area (Å²) in [5.74, 6) is 0.232. The van der Waals surface area contributed by atoms with E-state index < -0.39 is 0 Å². The Kier molecular flexibility index (Phi) is 3.77. The van der Waals surface area contributed by atoms with Crippen LogP contribution in [0.5, 0.6) is 5.75 Å². The van der Waals surface area contributed by atoms with E-state index in [4.69, 9.17) is 5.11 Å². The molecule has 1 heterocycles. The first kappa shape index (κ1) is 11.7. The molecule has 0 aliphatic rings. The zero-order chi connectivity index (χ0) is 12.1. The Balaban J connectivity index is 1.80. The van der Waals surface area contributed by atoms with E-state index >= 15 is 0 Å². The predicted molar refractivity (Wildman–Crippen MR) is 68.5 cm³/mol. The highest BCUT2D eigenvalue weighted by atomic mass is 32.1. The Bertz CT molecular complexity index is 477. The van der Waals surface area contributed by atoms with Crippen LogP contribution in [-0.2, 0) is 6.42 Å². The van der Waals surface area contributed by atoms with Crippen LogP contribution in [0.1, 0.15) is 15.2 Å². The molecular weight excluding hydrogens is 234 g/mol. The van der Waals surface area contributed by atoms with Crippen LogP contribution < -0.4 is 5.32 Å². The van der Waals surface area contributed by atoms with Crippen molar-refractivity contribution in [3.05, 3.63) is 52.2 Å². The van der Waals surface area contributed by atoms with Crippen molar-refractivity contribution in [3.63, 3.8) is 0 Å². The molecule has 0 saturated heterocycles. The molecule has 88 valence electrons. The molecule has 4 heteroatoms. The molecule has 2 aromatic rings. The van der Waals surface area contributed by atoms with Crippen molar-refractivity contribution in [2.75, 3.05) is 6.54 Å². The van der Waals surface area contributed by atoms with Crippen LogP contribution in [0.2, 0.25) is 0 Å². The monoisotopic (exact) mass is 247 g/mol. The number of carbonyl (C=O) groups is 1. The molecule has 0 unspecified atom stereocenters. The van der Waals surface area contributed by atoms with Gasteiger partial charge in [0.05, 0.1) is 4.88 Å². The van der Waals surface area contributed by atoms with Crippen LogP contribution in [0.25, 0.3) is 0 Å². The Labute approximate surface area is 104 Å². The molecule has 0 spiro atoms. The number of phenolic OH excluding ortho intramolecular Hbond substituents is 1. The summed E-state index contributed by atoms with van der Waals surface area (Å²) in [6.45, 7) is 0.599. The lowest BCUT2D eigenvalue weighted by Gasteiger charge is -2.04. The number of rotatable bonds is 4. The number of carbonyl (C=O) groups excluding carboxylic acids is 1. The third kappa shape index (κ3) is 3.32. The van der Waals surface area contributed by atoms with Crippen molar-refractivity contribution in [2.45, 2.75) is 6.42 Å². The highest BCUT2D eigenvalue weighted by molar-refractivity contribution is 7.12. The number of thiophene rings is 1. The van der Waals surface area contributed by atoms with Gasteiger partial charge in [-0.3, -0.25) is 4.79 Å². The Morgan fingerprint density at radius 3 is 2.65 bits per heavy atom. The highest BCUT2D eigenvalue weighted by Crippen LogP contribution is 2.10. The van der Waals surface area contributed by atoms with Crippen molar-refractivity contribution in [1.82, 2.24) is 5.32 Å². The summed E-state index contributed by atoms with van der Waals surface area (Å²) in [7, 11) is 0. The van der Waals surface area contributed by atoms with Gasteiger partial charge in [-0.2, -0.15) is 0 Å². The second-order valence-corrected chi connectivity index (χ2v) is 4.60. The summed E-state index contributed by atoms with van der Waals surface area (Å²) in [5, 5.41) is 13.9. The molecular formula is C13H13NO2S. The lowest BCUT2D eigenvalue weighted by Crippen LogP contribution is -2.24. The number of aromatic hydroxyl groups is 1. The van der Waals surface area contributed by atoms with E-state index in [1.807, 2.05) is 23.6 Å². The zero-order valence-electron chi connectivity index (χ0n) is 9.22. The molecule has 1 amide bonds. The summed E-state index contributed by atoms with van der Waals surface area (Å²) in [4.78, 5) is 12.3. The maximum Gasteiger partial charge on any atom is 0.261 e. The molecule has 3 nitrogen and oxygen atoms in total. The van der Waals surface area contributed by atoms with Gasteiger partial charge in [-0.25, -0.2) is 0 Å². The minimum atomic E-state index is -0.0289. The van der Waals surface area contributed by atoms with E-state index in [1.54, 1.807) is 18.2 Å². The quantitative estimate of drug-likeness (QED) is 0.871. The van der Waals surface area contributed by atoms with E-state index in [1.165, 1.54) is 11.3 Å². The summed E-state index contributed by atoms with van der Waals surface area (Å²) >= 11 is 1.43. The Morgan fingerprint density at radius 1 is 1.24 bits per heavy atom. The second kappa shape index (κ2) is 5.50. The maximum atomic E-state index is 11.6. The van der Waals surface area contributed by atoms with Crippen LogP contribution >= 0.6 is 11.3 Å². The molecule has 0 bridgehead atoms. The van der Waals surface area contributed by atoms with Gasteiger partial charge in [0.25, 0.3) is 5.91 Å². The second-order valence-electron chi connectivity index (χ2n) is 3.65. The lowest BCUT2D eigenvalue weighted by molar-refractivity contribution is 0.0958. The van der Waals surface area contributed by atoms with Crippen molar-refractivity contribution in [1.29, 1.82) is 0 Å². The number of nitrogens with one attached hydrogen (secondary N) is 1. The smallest absolute Gasteiger partial charge is 0.261 e. The third-order valence-electron chi connectivity index (χ3n) is 2.38. The fourth-order valence-corrected chi connectivity index (χ4v) is 2.12. The number of phenols is 1.